The number of β-amino-alcohol motifs (C(OH)–C–C–N with tert-alkyl or cyclic N) is 1. The monoisotopic (exact) mass is 398 g/mol. The fourth-order valence-corrected chi connectivity index (χ4v) is 4.46. The molecule has 1 amide bonds. The summed E-state index contributed by atoms with van der Waals surface area (Å²) in [5, 5.41) is 21.7. The molecule has 154 valence electrons. The second-order valence-corrected chi connectivity index (χ2v) is 8.16. The van der Waals surface area contributed by atoms with E-state index in [2.05, 4.69) is 4.90 Å². The van der Waals surface area contributed by atoms with Crippen LogP contribution in [0.1, 0.15) is 42.6 Å². The second-order valence-electron chi connectivity index (χ2n) is 8.16. The summed E-state index contributed by atoms with van der Waals surface area (Å²) >= 11 is 0. The number of aliphatic hydroxyl groups excluding tert-OH is 1. The van der Waals surface area contributed by atoms with Crippen LogP contribution in [0.15, 0.2) is 42.5 Å². The molecule has 1 fully saturated rings. The predicted octanol–water partition coefficient (Wildman–Crippen LogP) is 2.75. The number of nitrogens with zero attached hydrogens (tertiary/aromatic N) is 2. The summed E-state index contributed by atoms with van der Waals surface area (Å²) < 4.78 is 13.2. The predicted molar refractivity (Wildman–Crippen MR) is 109 cm³/mol. The van der Waals surface area contributed by atoms with E-state index in [-0.39, 0.29) is 11.7 Å². The highest BCUT2D eigenvalue weighted by atomic mass is 19.1. The summed E-state index contributed by atoms with van der Waals surface area (Å²) in [5.41, 5.74) is 2.69. The molecule has 29 heavy (non-hydrogen) atoms. The molecule has 2 aliphatic rings. The van der Waals surface area contributed by atoms with Crippen LogP contribution < -0.4 is 4.90 Å². The van der Waals surface area contributed by atoms with Gasteiger partial charge in [-0.2, -0.15) is 0 Å². The Labute approximate surface area is 170 Å². The van der Waals surface area contributed by atoms with Crippen molar-refractivity contribution >= 4 is 11.6 Å². The van der Waals surface area contributed by atoms with Crippen molar-refractivity contribution in [1.29, 1.82) is 0 Å². The van der Waals surface area contributed by atoms with Gasteiger partial charge in [-0.25, -0.2) is 4.39 Å². The molecule has 0 saturated carbocycles. The van der Waals surface area contributed by atoms with Gasteiger partial charge in [0.05, 0.1) is 11.7 Å². The first-order chi connectivity index (χ1) is 13.9. The Morgan fingerprint density at radius 1 is 1.14 bits per heavy atom. The van der Waals surface area contributed by atoms with Crippen molar-refractivity contribution in [2.24, 2.45) is 0 Å². The van der Waals surface area contributed by atoms with Crippen LogP contribution in [0.3, 0.4) is 0 Å². The second kappa shape index (κ2) is 7.86. The molecule has 2 aliphatic heterocycles. The first-order valence-electron chi connectivity index (χ1n) is 10.2. The highest BCUT2D eigenvalue weighted by molar-refractivity contribution is 5.93. The zero-order chi connectivity index (χ0) is 20.6. The molecule has 1 saturated heterocycles. The molecule has 1 atom stereocenters. The lowest BCUT2D eigenvalue weighted by Gasteiger charge is -2.39. The SMILES string of the molecule is CC(=O)N1CCc2cc(C(O)CN3CCC(O)(c4ccc(F)cc4)CC3)ccc21. The number of amides is 1. The van der Waals surface area contributed by atoms with Gasteiger partial charge in [0.15, 0.2) is 0 Å². The molecule has 0 aromatic heterocycles. The number of carbonyl (C=O) groups excluding carboxylic acids is 1. The van der Waals surface area contributed by atoms with Gasteiger partial charge < -0.3 is 20.0 Å². The summed E-state index contributed by atoms with van der Waals surface area (Å²) in [5.74, 6) is -0.266. The molecule has 4 rings (SSSR count). The van der Waals surface area contributed by atoms with Crippen molar-refractivity contribution in [3.63, 3.8) is 0 Å². The number of rotatable bonds is 4. The molecule has 2 aromatic rings. The third-order valence-electron chi connectivity index (χ3n) is 6.26. The van der Waals surface area contributed by atoms with Crippen molar-refractivity contribution in [1.82, 2.24) is 4.90 Å². The van der Waals surface area contributed by atoms with Gasteiger partial charge in [0.2, 0.25) is 5.91 Å². The molecular formula is C23H27FN2O3. The molecular weight excluding hydrogens is 371 g/mol. The number of benzene rings is 2. The molecule has 5 nitrogen and oxygen atoms in total. The first kappa shape index (κ1) is 20.0. The fraction of sp³-hybridized carbons (Fsp3) is 0.435. The highest BCUT2D eigenvalue weighted by Crippen LogP contribution is 2.34. The van der Waals surface area contributed by atoms with Crippen LogP contribution in [0, 0.1) is 5.82 Å². The Morgan fingerprint density at radius 2 is 1.83 bits per heavy atom. The molecule has 0 aliphatic carbocycles. The molecule has 2 aromatic carbocycles. The van der Waals surface area contributed by atoms with Crippen LogP contribution in [-0.2, 0) is 16.8 Å². The Balaban J connectivity index is 1.37. The minimum atomic E-state index is -0.946. The van der Waals surface area contributed by atoms with Crippen LogP contribution in [0.5, 0.6) is 0 Å². The minimum Gasteiger partial charge on any atom is -0.387 e. The summed E-state index contributed by atoms with van der Waals surface area (Å²) in [7, 11) is 0. The maximum atomic E-state index is 13.2. The lowest BCUT2D eigenvalue weighted by atomic mass is 9.84. The van der Waals surface area contributed by atoms with Crippen LogP contribution >= 0.6 is 0 Å². The van der Waals surface area contributed by atoms with Gasteiger partial charge in [-0.1, -0.05) is 24.3 Å². The average Bonchev–Trinajstić information content (AvgIpc) is 3.14. The van der Waals surface area contributed by atoms with E-state index in [1.165, 1.54) is 12.1 Å². The number of piperidine rings is 1. The number of carbonyl (C=O) groups is 1. The number of anilines is 1. The van der Waals surface area contributed by atoms with Gasteiger partial charge >= 0.3 is 0 Å². The standard InChI is InChI=1S/C23H27FN2O3/c1-16(27)26-11-8-17-14-18(2-7-21(17)26)22(28)15-25-12-9-23(29,10-13-25)19-3-5-20(24)6-4-19/h2-7,14,22,28-29H,8-13,15H2,1H3. The zero-order valence-corrected chi connectivity index (χ0v) is 16.6. The van der Waals surface area contributed by atoms with Gasteiger partial charge in [-0.3, -0.25) is 4.79 Å². The van der Waals surface area contributed by atoms with E-state index >= 15 is 0 Å². The summed E-state index contributed by atoms with van der Waals surface area (Å²) in [6.45, 7) is 4.08. The van der Waals surface area contributed by atoms with E-state index in [9.17, 15) is 19.4 Å². The number of likely N-dealkylation sites (tertiary alicyclic amines) is 1. The van der Waals surface area contributed by atoms with E-state index in [0.717, 1.165) is 28.8 Å². The summed E-state index contributed by atoms with van der Waals surface area (Å²) in [6, 6.07) is 11.9. The minimum absolute atomic E-state index is 0.0407. The van der Waals surface area contributed by atoms with Crippen LogP contribution in [0.2, 0.25) is 0 Å². The van der Waals surface area contributed by atoms with Crippen LogP contribution in [0.4, 0.5) is 10.1 Å². The number of hydrogen-bond donors (Lipinski definition) is 2. The van der Waals surface area contributed by atoms with Crippen LogP contribution in [-0.4, -0.2) is 47.2 Å². The number of aliphatic hydroxyl groups is 2. The first-order valence-corrected chi connectivity index (χ1v) is 10.2. The topological polar surface area (TPSA) is 64.0 Å². The van der Waals surface area contributed by atoms with Crippen molar-refractivity contribution in [3.8, 4) is 0 Å². The lowest BCUT2D eigenvalue weighted by molar-refractivity contribution is -0.116. The molecule has 0 bridgehead atoms. The average molecular weight is 398 g/mol. The number of fused-ring (bicyclic) bond motifs is 1. The smallest absolute Gasteiger partial charge is 0.223 e. The highest BCUT2D eigenvalue weighted by Gasteiger charge is 2.34. The van der Waals surface area contributed by atoms with Gasteiger partial charge in [0.25, 0.3) is 0 Å². The number of halogens is 1. The van der Waals surface area contributed by atoms with E-state index in [1.807, 2.05) is 18.2 Å². The van der Waals surface area contributed by atoms with Gasteiger partial charge in [-0.15, -0.1) is 0 Å². The molecule has 2 heterocycles. The van der Waals surface area contributed by atoms with Crippen LogP contribution in [0.25, 0.3) is 0 Å². The molecule has 2 N–H and O–H groups in total. The maximum absolute atomic E-state index is 13.2. The quantitative estimate of drug-likeness (QED) is 0.831. The zero-order valence-electron chi connectivity index (χ0n) is 16.6. The van der Waals surface area contributed by atoms with Crippen molar-refractivity contribution in [2.45, 2.75) is 37.9 Å². The summed E-state index contributed by atoms with van der Waals surface area (Å²) in [6.07, 6.45) is 1.28. The van der Waals surface area contributed by atoms with Crippen molar-refractivity contribution in [3.05, 3.63) is 65.0 Å². The lowest BCUT2D eigenvalue weighted by Crippen LogP contribution is -2.44. The fourth-order valence-electron chi connectivity index (χ4n) is 4.46. The Kier molecular flexibility index (Phi) is 5.42. The molecule has 6 heteroatoms. The van der Waals surface area contributed by atoms with E-state index in [1.54, 1.807) is 24.0 Å². The van der Waals surface area contributed by atoms with E-state index in [4.69, 9.17) is 0 Å². The number of hydrogen-bond acceptors (Lipinski definition) is 4. The largest absolute Gasteiger partial charge is 0.387 e. The normalized spacial score (nSPS) is 19.8. The third-order valence-corrected chi connectivity index (χ3v) is 6.26. The Bertz CT molecular complexity index is 891. The van der Waals surface area contributed by atoms with Crippen molar-refractivity contribution in [2.75, 3.05) is 31.1 Å². The van der Waals surface area contributed by atoms with Gasteiger partial charge in [-0.05, 0) is 54.2 Å². The van der Waals surface area contributed by atoms with E-state index in [0.29, 0.717) is 39.0 Å². The van der Waals surface area contributed by atoms with Gasteiger partial charge in [0, 0.05) is 38.8 Å². The Hall–Kier alpha value is -2.28. The summed E-state index contributed by atoms with van der Waals surface area (Å²) in [4.78, 5) is 15.6. The van der Waals surface area contributed by atoms with Crippen molar-refractivity contribution < 1.29 is 19.4 Å². The molecule has 0 radical (unpaired) electrons. The van der Waals surface area contributed by atoms with E-state index < -0.39 is 11.7 Å². The Morgan fingerprint density at radius 3 is 2.48 bits per heavy atom. The molecule has 1 unspecified atom stereocenters. The van der Waals surface area contributed by atoms with Gasteiger partial charge in [0.1, 0.15) is 5.82 Å². The molecule has 0 spiro atoms. The third kappa shape index (κ3) is 4.06. The maximum Gasteiger partial charge on any atom is 0.223 e.